The molecule has 1 aromatic carbocycles. The summed E-state index contributed by atoms with van der Waals surface area (Å²) >= 11 is 12.5. The Morgan fingerprint density at radius 3 is 2.76 bits per heavy atom. The molecule has 2 fully saturated rings. The van der Waals surface area contributed by atoms with Gasteiger partial charge in [-0.2, -0.15) is 0 Å². The molecule has 0 bridgehead atoms. The Bertz CT molecular complexity index is 537. The molecule has 1 saturated heterocycles. The van der Waals surface area contributed by atoms with E-state index in [4.69, 9.17) is 23.2 Å². The summed E-state index contributed by atoms with van der Waals surface area (Å²) in [6.45, 7) is 1.80. The highest BCUT2D eigenvalue weighted by atomic mass is 35.5. The number of carbonyl (C=O) groups is 1. The molecule has 5 heteroatoms. The summed E-state index contributed by atoms with van der Waals surface area (Å²) in [7, 11) is 0. The monoisotopic (exact) mass is 326 g/mol. The second-order valence-electron chi connectivity index (χ2n) is 6.03. The van der Waals surface area contributed by atoms with Crippen LogP contribution < -0.4 is 10.6 Å². The minimum Gasteiger partial charge on any atom is -0.348 e. The zero-order valence-electron chi connectivity index (χ0n) is 11.9. The number of benzene rings is 1. The van der Waals surface area contributed by atoms with Crippen LogP contribution in [0.5, 0.6) is 0 Å². The molecule has 21 heavy (non-hydrogen) atoms. The van der Waals surface area contributed by atoms with Gasteiger partial charge in [0.05, 0.1) is 10.0 Å². The SMILES string of the molecule is O=C(NC1CCNC1)c1ccc(Cl)c(Cl)c1CCC1CC1. The van der Waals surface area contributed by atoms with E-state index < -0.39 is 0 Å². The first-order valence-electron chi connectivity index (χ1n) is 7.63. The lowest BCUT2D eigenvalue weighted by atomic mass is 10.00. The van der Waals surface area contributed by atoms with Crippen molar-refractivity contribution in [3.05, 3.63) is 33.3 Å². The topological polar surface area (TPSA) is 41.1 Å². The predicted molar refractivity (Wildman–Crippen MR) is 86.2 cm³/mol. The van der Waals surface area contributed by atoms with Crippen molar-refractivity contribution in [2.45, 2.75) is 38.1 Å². The molecule has 114 valence electrons. The van der Waals surface area contributed by atoms with Crippen molar-refractivity contribution in [2.75, 3.05) is 13.1 Å². The van der Waals surface area contributed by atoms with Gasteiger partial charge in [0.25, 0.3) is 5.91 Å². The van der Waals surface area contributed by atoms with Crippen molar-refractivity contribution in [1.82, 2.24) is 10.6 Å². The Labute approximate surface area is 135 Å². The van der Waals surface area contributed by atoms with Crippen LogP contribution >= 0.6 is 23.2 Å². The Hall–Kier alpha value is -0.770. The third-order valence-electron chi connectivity index (χ3n) is 4.34. The Morgan fingerprint density at radius 2 is 2.10 bits per heavy atom. The van der Waals surface area contributed by atoms with Gasteiger partial charge in [-0.3, -0.25) is 4.79 Å². The molecule has 1 heterocycles. The highest BCUT2D eigenvalue weighted by molar-refractivity contribution is 6.42. The fourth-order valence-corrected chi connectivity index (χ4v) is 3.28. The highest BCUT2D eigenvalue weighted by Gasteiger charge is 2.25. The van der Waals surface area contributed by atoms with Crippen molar-refractivity contribution in [3.8, 4) is 0 Å². The number of amides is 1. The van der Waals surface area contributed by atoms with E-state index in [9.17, 15) is 4.79 Å². The normalized spacial score (nSPS) is 21.5. The minimum atomic E-state index is -0.0342. The number of carbonyl (C=O) groups excluding carboxylic acids is 1. The van der Waals surface area contributed by atoms with E-state index in [-0.39, 0.29) is 11.9 Å². The molecule has 2 N–H and O–H groups in total. The quantitative estimate of drug-likeness (QED) is 0.870. The lowest BCUT2D eigenvalue weighted by molar-refractivity contribution is 0.0939. The lowest BCUT2D eigenvalue weighted by Gasteiger charge is -2.16. The molecule has 2 aliphatic rings. The van der Waals surface area contributed by atoms with Gasteiger partial charge in [-0.25, -0.2) is 0 Å². The van der Waals surface area contributed by atoms with Crippen LogP contribution in [0.1, 0.15) is 41.6 Å². The highest BCUT2D eigenvalue weighted by Crippen LogP contribution is 2.36. The fraction of sp³-hybridized carbons (Fsp3) is 0.562. The third kappa shape index (κ3) is 3.71. The maximum Gasteiger partial charge on any atom is 0.251 e. The van der Waals surface area contributed by atoms with E-state index in [1.54, 1.807) is 12.1 Å². The van der Waals surface area contributed by atoms with Gasteiger partial charge < -0.3 is 10.6 Å². The van der Waals surface area contributed by atoms with E-state index in [0.29, 0.717) is 15.6 Å². The molecule has 0 radical (unpaired) electrons. The average Bonchev–Trinajstić information content (AvgIpc) is 3.16. The van der Waals surface area contributed by atoms with E-state index in [0.717, 1.165) is 43.8 Å². The molecule has 3 nitrogen and oxygen atoms in total. The van der Waals surface area contributed by atoms with Gasteiger partial charge >= 0.3 is 0 Å². The van der Waals surface area contributed by atoms with Crippen LogP contribution in [0.4, 0.5) is 0 Å². The summed E-state index contributed by atoms with van der Waals surface area (Å²) in [6.07, 6.45) is 5.49. The number of halogens is 2. The summed E-state index contributed by atoms with van der Waals surface area (Å²) in [5.74, 6) is 0.767. The molecule has 3 rings (SSSR count). The maximum atomic E-state index is 12.5. The zero-order chi connectivity index (χ0) is 14.8. The lowest BCUT2D eigenvalue weighted by Crippen LogP contribution is -2.36. The molecule has 1 aliphatic carbocycles. The van der Waals surface area contributed by atoms with Crippen molar-refractivity contribution >= 4 is 29.1 Å². The van der Waals surface area contributed by atoms with E-state index in [2.05, 4.69) is 10.6 Å². The molecule has 1 aliphatic heterocycles. The number of nitrogens with one attached hydrogen (secondary N) is 2. The van der Waals surface area contributed by atoms with Crippen molar-refractivity contribution < 1.29 is 4.79 Å². The van der Waals surface area contributed by atoms with Gasteiger partial charge in [-0.05, 0) is 49.4 Å². The van der Waals surface area contributed by atoms with Gasteiger partial charge in [0, 0.05) is 18.2 Å². The Kier molecular flexibility index (Phi) is 4.72. The van der Waals surface area contributed by atoms with Crippen molar-refractivity contribution in [2.24, 2.45) is 5.92 Å². The minimum absolute atomic E-state index is 0.0342. The van der Waals surface area contributed by atoms with Crippen LogP contribution in [-0.2, 0) is 6.42 Å². The van der Waals surface area contributed by atoms with Crippen LogP contribution in [-0.4, -0.2) is 25.0 Å². The zero-order valence-corrected chi connectivity index (χ0v) is 13.4. The van der Waals surface area contributed by atoms with Crippen molar-refractivity contribution in [3.63, 3.8) is 0 Å². The molecular weight excluding hydrogens is 307 g/mol. The molecule has 0 aromatic heterocycles. The molecule has 1 aromatic rings. The van der Waals surface area contributed by atoms with Gasteiger partial charge in [0.2, 0.25) is 0 Å². The Morgan fingerprint density at radius 1 is 1.29 bits per heavy atom. The first-order chi connectivity index (χ1) is 10.1. The summed E-state index contributed by atoms with van der Waals surface area (Å²) in [5.41, 5.74) is 1.58. The van der Waals surface area contributed by atoms with Gasteiger partial charge in [-0.15, -0.1) is 0 Å². The van der Waals surface area contributed by atoms with Crippen LogP contribution in [0.25, 0.3) is 0 Å². The molecular formula is C16H20Cl2N2O. The number of hydrogen-bond donors (Lipinski definition) is 2. The Balaban J connectivity index is 1.77. The smallest absolute Gasteiger partial charge is 0.251 e. The van der Waals surface area contributed by atoms with Gasteiger partial charge in [0.15, 0.2) is 0 Å². The van der Waals surface area contributed by atoms with Crippen LogP contribution in [0.15, 0.2) is 12.1 Å². The summed E-state index contributed by atoms with van der Waals surface area (Å²) < 4.78 is 0. The van der Waals surface area contributed by atoms with Crippen LogP contribution in [0.3, 0.4) is 0 Å². The summed E-state index contributed by atoms with van der Waals surface area (Å²) in [4.78, 5) is 12.5. The second kappa shape index (κ2) is 6.55. The second-order valence-corrected chi connectivity index (χ2v) is 6.82. The third-order valence-corrected chi connectivity index (χ3v) is 5.18. The largest absolute Gasteiger partial charge is 0.348 e. The first-order valence-corrected chi connectivity index (χ1v) is 8.39. The van der Waals surface area contributed by atoms with Crippen LogP contribution in [0, 0.1) is 5.92 Å². The molecule has 1 atom stereocenters. The maximum absolute atomic E-state index is 12.5. The van der Waals surface area contributed by atoms with E-state index in [1.807, 2.05) is 0 Å². The van der Waals surface area contributed by atoms with Gasteiger partial charge in [0.1, 0.15) is 0 Å². The molecule has 1 unspecified atom stereocenters. The summed E-state index contributed by atoms with van der Waals surface area (Å²) in [6, 6.07) is 3.73. The predicted octanol–water partition coefficient (Wildman–Crippen LogP) is 3.43. The first kappa shape index (κ1) is 15.1. The number of hydrogen-bond acceptors (Lipinski definition) is 2. The molecule has 1 saturated carbocycles. The van der Waals surface area contributed by atoms with Gasteiger partial charge in [-0.1, -0.05) is 36.0 Å². The molecule has 1 amide bonds. The fourth-order valence-electron chi connectivity index (χ4n) is 2.85. The van der Waals surface area contributed by atoms with E-state index >= 15 is 0 Å². The summed E-state index contributed by atoms with van der Waals surface area (Å²) in [5, 5.41) is 7.40. The molecule has 0 spiro atoms. The standard InChI is InChI=1S/C16H20Cl2N2O/c17-14-6-5-13(16(21)20-11-7-8-19-9-11)12(15(14)18)4-3-10-1-2-10/h5-6,10-11,19H,1-4,7-9H2,(H,20,21). The van der Waals surface area contributed by atoms with E-state index in [1.165, 1.54) is 12.8 Å². The van der Waals surface area contributed by atoms with Crippen LogP contribution in [0.2, 0.25) is 10.0 Å². The number of rotatable bonds is 5. The average molecular weight is 327 g/mol. The van der Waals surface area contributed by atoms with Crippen molar-refractivity contribution in [1.29, 1.82) is 0 Å².